The number of hydrogen-bond donors (Lipinski definition) is 3. The van der Waals surface area contributed by atoms with Gasteiger partial charge in [-0.1, -0.05) is 6.92 Å². The second-order valence-corrected chi connectivity index (χ2v) is 5.92. The molecule has 102 valence electrons. The van der Waals surface area contributed by atoms with Crippen molar-refractivity contribution in [2.75, 3.05) is 6.54 Å². The molecule has 0 bridgehead atoms. The Morgan fingerprint density at radius 2 is 2.22 bits per heavy atom. The molecule has 1 aromatic heterocycles. The summed E-state index contributed by atoms with van der Waals surface area (Å²) in [6.45, 7) is 1.55. The second kappa shape index (κ2) is 5.83. The van der Waals surface area contributed by atoms with Crippen molar-refractivity contribution in [2.45, 2.75) is 24.3 Å². The molecule has 3 N–H and O–H groups in total. The van der Waals surface area contributed by atoms with Gasteiger partial charge in [0.1, 0.15) is 4.90 Å². The van der Waals surface area contributed by atoms with Crippen LogP contribution in [0.1, 0.15) is 23.9 Å². The predicted octanol–water partition coefficient (Wildman–Crippen LogP) is 0.790. The number of carboxylic acids is 1. The zero-order valence-electron chi connectivity index (χ0n) is 9.38. The van der Waals surface area contributed by atoms with Crippen LogP contribution >= 0.6 is 15.9 Å². The van der Waals surface area contributed by atoms with Crippen LogP contribution in [-0.4, -0.2) is 37.2 Å². The zero-order valence-corrected chi connectivity index (χ0v) is 11.8. The van der Waals surface area contributed by atoms with Gasteiger partial charge < -0.3 is 14.6 Å². The van der Waals surface area contributed by atoms with E-state index < -0.39 is 27.9 Å². The van der Waals surface area contributed by atoms with E-state index in [1.165, 1.54) is 0 Å². The van der Waals surface area contributed by atoms with Crippen molar-refractivity contribution in [3.05, 3.63) is 16.5 Å². The molecule has 0 saturated heterocycles. The Hall–Kier alpha value is -0.900. The first-order chi connectivity index (χ1) is 8.27. The van der Waals surface area contributed by atoms with Crippen LogP contribution in [0.3, 0.4) is 0 Å². The van der Waals surface area contributed by atoms with Crippen LogP contribution < -0.4 is 4.72 Å². The maximum Gasteiger partial charge on any atom is 0.371 e. The van der Waals surface area contributed by atoms with Gasteiger partial charge in [0.15, 0.2) is 4.67 Å². The number of halogens is 1. The summed E-state index contributed by atoms with van der Waals surface area (Å²) in [7, 11) is -3.92. The highest BCUT2D eigenvalue weighted by Crippen LogP contribution is 2.25. The molecular formula is C9H12BrNO6S. The maximum absolute atomic E-state index is 11.8. The first-order valence-corrected chi connectivity index (χ1v) is 7.26. The molecule has 9 heteroatoms. The number of aromatic carboxylic acids is 1. The molecular weight excluding hydrogens is 330 g/mol. The fourth-order valence-corrected chi connectivity index (χ4v) is 3.08. The summed E-state index contributed by atoms with van der Waals surface area (Å²) in [6.07, 6.45) is -0.403. The number of rotatable bonds is 6. The molecule has 0 amide bonds. The summed E-state index contributed by atoms with van der Waals surface area (Å²) < 4.78 is 30.3. The minimum absolute atomic E-state index is 0.154. The summed E-state index contributed by atoms with van der Waals surface area (Å²) in [6, 6.07) is 0.896. The number of aliphatic hydroxyl groups is 1. The van der Waals surface area contributed by atoms with Crippen LogP contribution in [0.25, 0.3) is 0 Å². The minimum Gasteiger partial charge on any atom is -0.475 e. The van der Waals surface area contributed by atoms with Crippen molar-refractivity contribution in [1.82, 2.24) is 4.72 Å². The average molecular weight is 342 g/mol. The number of sulfonamides is 1. The van der Waals surface area contributed by atoms with E-state index in [9.17, 15) is 18.3 Å². The number of carboxylic acid groups (broad SMARTS) is 1. The second-order valence-electron chi connectivity index (χ2n) is 3.47. The lowest BCUT2D eigenvalue weighted by atomic mass is 10.3. The molecule has 0 spiro atoms. The summed E-state index contributed by atoms with van der Waals surface area (Å²) >= 11 is 2.83. The van der Waals surface area contributed by atoms with Crippen molar-refractivity contribution in [2.24, 2.45) is 0 Å². The number of furan rings is 1. The molecule has 1 rings (SSSR count). The van der Waals surface area contributed by atoms with E-state index in [1.54, 1.807) is 6.92 Å². The van der Waals surface area contributed by atoms with Gasteiger partial charge in [-0.25, -0.2) is 17.9 Å². The van der Waals surface area contributed by atoms with Gasteiger partial charge in [-0.05, 0) is 22.4 Å². The first-order valence-electron chi connectivity index (χ1n) is 4.98. The molecule has 7 nitrogen and oxygen atoms in total. The highest BCUT2D eigenvalue weighted by atomic mass is 79.9. The van der Waals surface area contributed by atoms with Crippen molar-refractivity contribution in [3.63, 3.8) is 0 Å². The number of hydrogen-bond acceptors (Lipinski definition) is 5. The van der Waals surface area contributed by atoms with E-state index in [-0.39, 0.29) is 16.1 Å². The van der Waals surface area contributed by atoms with Crippen LogP contribution in [0.4, 0.5) is 0 Å². The lowest BCUT2D eigenvalue weighted by Crippen LogP contribution is -2.31. The van der Waals surface area contributed by atoms with Crippen LogP contribution in [0, 0.1) is 0 Å². The molecule has 1 unspecified atom stereocenters. The number of aliphatic hydroxyl groups excluding tert-OH is 1. The summed E-state index contributed by atoms with van der Waals surface area (Å²) in [5.74, 6) is -1.86. The monoisotopic (exact) mass is 341 g/mol. The fourth-order valence-electron chi connectivity index (χ4n) is 1.07. The summed E-state index contributed by atoms with van der Waals surface area (Å²) in [4.78, 5) is 10.3. The zero-order chi connectivity index (χ0) is 13.9. The van der Waals surface area contributed by atoms with Gasteiger partial charge >= 0.3 is 5.97 Å². The third kappa shape index (κ3) is 3.55. The van der Waals surface area contributed by atoms with Crippen molar-refractivity contribution in [3.8, 4) is 0 Å². The van der Waals surface area contributed by atoms with E-state index >= 15 is 0 Å². The Kier molecular flexibility index (Phi) is 4.91. The molecule has 1 heterocycles. The van der Waals surface area contributed by atoms with Gasteiger partial charge in [0, 0.05) is 12.6 Å². The molecule has 0 fully saturated rings. The highest BCUT2D eigenvalue weighted by Gasteiger charge is 2.25. The van der Waals surface area contributed by atoms with Crippen molar-refractivity contribution >= 4 is 31.9 Å². The normalized spacial score (nSPS) is 13.5. The van der Waals surface area contributed by atoms with Crippen molar-refractivity contribution < 1.29 is 27.8 Å². The molecule has 1 aromatic rings. The third-order valence-electron chi connectivity index (χ3n) is 2.14. The van der Waals surface area contributed by atoms with Gasteiger partial charge in [0.2, 0.25) is 15.8 Å². The topological polar surface area (TPSA) is 117 Å². The molecule has 0 aliphatic carbocycles. The Labute approximate surface area is 112 Å². The average Bonchev–Trinajstić information content (AvgIpc) is 2.69. The number of carbonyl (C=O) groups is 1. The lowest BCUT2D eigenvalue weighted by molar-refractivity contribution is 0.0661. The van der Waals surface area contributed by atoms with Crippen LogP contribution in [0.5, 0.6) is 0 Å². The molecule has 0 radical (unpaired) electrons. The van der Waals surface area contributed by atoms with E-state index in [1.807, 2.05) is 0 Å². The van der Waals surface area contributed by atoms with E-state index in [4.69, 9.17) is 9.52 Å². The smallest absolute Gasteiger partial charge is 0.371 e. The number of nitrogens with one attached hydrogen (secondary N) is 1. The Balaban J connectivity index is 2.95. The van der Waals surface area contributed by atoms with Gasteiger partial charge in [0.05, 0.1) is 6.10 Å². The minimum atomic E-state index is -3.92. The molecule has 1 atom stereocenters. The molecule has 18 heavy (non-hydrogen) atoms. The van der Waals surface area contributed by atoms with E-state index in [0.29, 0.717) is 6.42 Å². The van der Waals surface area contributed by atoms with Crippen LogP contribution in [0.2, 0.25) is 0 Å². The maximum atomic E-state index is 11.8. The van der Waals surface area contributed by atoms with Gasteiger partial charge in [-0.3, -0.25) is 0 Å². The van der Waals surface area contributed by atoms with Crippen LogP contribution in [0.15, 0.2) is 20.0 Å². The fraction of sp³-hybridized carbons (Fsp3) is 0.444. The van der Waals surface area contributed by atoms with E-state index in [0.717, 1.165) is 6.07 Å². The molecule has 0 saturated carbocycles. The Bertz CT molecular complexity index is 537. The third-order valence-corrected chi connectivity index (χ3v) is 4.42. The lowest BCUT2D eigenvalue weighted by Gasteiger charge is -2.08. The molecule has 0 aliphatic rings. The first kappa shape index (κ1) is 15.2. The van der Waals surface area contributed by atoms with Gasteiger partial charge in [0.25, 0.3) is 0 Å². The SMILES string of the molecule is CCC(O)CNS(=O)(=O)c1cc(C(=O)O)oc1Br. The van der Waals surface area contributed by atoms with Crippen molar-refractivity contribution in [1.29, 1.82) is 0 Å². The Morgan fingerprint density at radius 3 is 2.67 bits per heavy atom. The van der Waals surface area contributed by atoms with Crippen LogP contribution in [-0.2, 0) is 10.0 Å². The van der Waals surface area contributed by atoms with Gasteiger partial charge in [-0.15, -0.1) is 0 Å². The quantitative estimate of drug-likeness (QED) is 0.704. The Morgan fingerprint density at radius 1 is 1.61 bits per heavy atom. The largest absolute Gasteiger partial charge is 0.475 e. The molecule has 0 aliphatic heterocycles. The van der Waals surface area contributed by atoms with Gasteiger partial charge in [-0.2, -0.15) is 0 Å². The summed E-state index contributed by atoms with van der Waals surface area (Å²) in [5, 5.41) is 17.9. The predicted molar refractivity (Wildman–Crippen MR) is 64.9 cm³/mol. The highest BCUT2D eigenvalue weighted by molar-refractivity contribution is 9.10. The van der Waals surface area contributed by atoms with E-state index in [2.05, 4.69) is 20.7 Å². The molecule has 0 aromatic carbocycles. The standard InChI is InChI=1S/C9H12BrNO6S/c1-2-5(12)4-11-18(15,16)7-3-6(9(13)14)17-8(7)10/h3,5,11-12H,2,4H2,1H3,(H,13,14). The summed E-state index contributed by atoms with van der Waals surface area (Å²) in [5.41, 5.74) is 0.